The second kappa shape index (κ2) is 9.08. The second-order valence-electron chi connectivity index (χ2n) is 5.87. The number of benzene rings is 1. The maximum Gasteiger partial charge on any atom is 0.319 e. The quantitative estimate of drug-likeness (QED) is 0.690. The first-order chi connectivity index (χ1) is 11.6. The highest BCUT2D eigenvalue weighted by atomic mass is 16.3. The highest BCUT2D eigenvalue weighted by Crippen LogP contribution is 2.24. The summed E-state index contributed by atoms with van der Waals surface area (Å²) in [4.78, 5) is 16.3. The molecule has 1 unspecified atom stereocenters. The lowest BCUT2D eigenvalue weighted by molar-refractivity contribution is 0.236. The molecule has 0 fully saturated rings. The molecule has 6 nitrogen and oxygen atoms in total. The highest BCUT2D eigenvalue weighted by molar-refractivity contribution is 5.90. The number of anilines is 1. The van der Waals surface area contributed by atoms with E-state index in [4.69, 9.17) is 9.52 Å². The zero-order valence-electron chi connectivity index (χ0n) is 14.2. The Hall–Kier alpha value is -2.34. The van der Waals surface area contributed by atoms with Crippen LogP contribution < -0.4 is 10.6 Å². The molecule has 24 heavy (non-hydrogen) atoms. The van der Waals surface area contributed by atoms with Crippen molar-refractivity contribution in [3.63, 3.8) is 0 Å². The van der Waals surface area contributed by atoms with E-state index in [1.54, 1.807) is 6.20 Å². The molecule has 1 atom stereocenters. The van der Waals surface area contributed by atoms with Gasteiger partial charge in [0, 0.05) is 24.4 Å². The Balaban J connectivity index is 1.97. The van der Waals surface area contributed by atoms with Crippen LogP contribution in [0.2, 0.25) is 0 Å². The smallest absolute Gasteiger partial charge is 0.319 e. The largest absolute Gasteiger partial charge is 0.445 e. The summed E-state index contributed by atoms with van der Waals surface area (Å²) >= 11 is 0. The first kappa shape index (κ1) is 18.0. The van der Waals surface area contributed by atoms with Crippen molar-refractivity contribution in [2.24, 2.45) is 5.92 Å². The minimum absolute atomic E-state index is 0.144. The number of rotatable bonds is 8. The average Bonchev–Trinajstić information content (AvgIpc) is 3.09. The summed E-state index contributed by atoms with van der Waals surface area (Å²) in [7, 11) is 0. The van der Waals surface area contributed by atoms with Crippen molar-refractivity contribution in [2.45, 2.75) is 33.1 Å². The summed E-state index contributed by atoms with van der Waals surface area (Å²) < 4.78 is 5.29. The number of urea groups is 1. The second-order valence-corrected chi connectivity index (χ2v) is 5.87. The zero-order valence-corrected chi connectivity index (χ0v) is 14.2. The molecule has 0 aliphatic carbocycles. The Morgan fingerprint density at radius 1 is 1.38 bits per heavy atom. The van der Waals surface area contributed by atoms with Crippen LogP contribution in [-0.4, -0.2) is 29.3 Å². The van der Waals surface area contributed by atoms with Crippen LogP contribution in [0.5, 0.6) is 0 Å². The lowest BCUT2D eigenvalue weighted by atomic mass is 10.0. The fraction of sp³-hybridized carbons (Fsp3) is 0.444. The molecule has 1 heterocycles. The molecule has 2 aromatic rings. The van der Waals surface area contributed by atoms with E-state index in [0.717, 1.165) is 29.7 Å². The van der Waals surface area contributed by atoms with E-state index < -0.39 is 0 Å². The minimum Gasteiger partial charge on any atom is -0.445 e. The Kier molecular flexibility index (Phi) is 6.81. The molecule has 0 aliphatic rings. The van der Waals surface area contributed by atoms with Crippen molar-refractivity contribution >= 4 is 11.7 Å². The third kappa shape index (κ3) is 5.09. The fourth-order valence-corrected chi connectivity index (χ4v) is 2.60. The van der Waals surface area contributed by atoms with E-state index in [1.165, 1.54) is 6.26 Å². The Morgan fingerprint density at radius 3 is 2.88 bits per heavy atom. The molecule has 1 aromatic heterocycles. The van der Waals surface area contributed by atoms with Gasteiger partial charge in [-0.1, -0.05) is 19.4 Å². The molecule has 0 saturated heterocycles. The Bertz CT molecular complexity index is 635. The number of hydrogen-bond acceptors (Lipinski definition) is 4. The van der Waals surface area contributed by atoms with Crippen molar-refractivity contribution in [2.75, 3.05) is 18.5 Å². The van der Waals surface area contributed by atoms with Gasteiger partial charge >= 0.3 is 6.03 Å². The number of hydrogen-bond donors (Lipinski definition) is 3. The number of nitrogens with zero attached hydrogens (tertiary/aromatic N) is 1. The van der Waals surface area contributed by atoms with Gasteiger partial charge in [-0.15, -0.1) is 0 Å². The third-order valence-electron chi connectivity index (χ3n) is 3.95. The summed E-state index contributed by atoms with van der Waals surface area (Å²) in [6, 6.07) is 5.42. The topological polar surface area (TPSA) is 87.4 Å². The first-order valence-electron chi connectivity index (χ1n) is 8.30. The number of carbonyl (C=O) groups is 1. The summed E-state index contributed by atoms with van der Waals surface area (Å²) in [5.74, 6) is 0.815. The van der Waals surface area contributed by atoms with Gasteiger partial charge < -0.3 is 20.2 Å². The summed E-state index contributed by atoms with van der Waals surface area (Å²) in [6.07, 6.45) is 5.83. The number of amides is 2. The zero-order chi connectivity index (χ0) is 17.4. The molecular weight excluding hydrogens is 306 g/mol. The van der Waals surface area contributed by atoms with E-state index in [1.807, 2.05) is 25.1 Å². The Labute approximate surface area is 142 Å². The van der Waals surface area contributed by atoms with Gasteiger partial charge in [0.25, 0.3) is 0 Å². The van der Waals surface area contributed by atoms with Crippen LogP contribution in [0.4, 0.5) is 10.5 Å². The molecule has 130 valence electrons. The normalized spacial score (nSPS) is 12.0. The number of aryl methyl sites for hydroxylation is 1. The SMILES string of the molecule is CCCC(CCO)CNC(=O)Nc1cc(-c2ncco2)ccc1C. The molecule has 0 saturated carbocycles. The van der Waals surface area contributed by atoms with E-state index >= 15 is 0 Å². The number of aliphatic hydroxyl groups excluding tert-OH is 1. The van der Waals surface area contributed by atoms with E-state index in [9.17, 15) is 4.79 Å². The van der Waals surface area contributed by atoms with Crippen LogP contribution in [-0.2, 0) is 0 Å². The monoisotopic (exact) mass is 331 g/mol. The van der Waals surface area contributed by atoms with Crippen LogP contribution in [0.3, 0.4) is 0 Å². The molecule has 1 aromatic carbocycles. The predicted molar refractivity (Wildman–Crippen MR) is 93.8 cm³/mol. The number of oxazole rings is 1. The van der Waals surface area contributed by atoms with Gasteiger partial charge in [-0.05, 0) is 43.4 Å². The molecular formula is C18H25N3O3. The van der Waals surface area contributed by atoms with E-state index in [-0.39, 0.29) is 12.6 Å². The lowest BCUT2D eigenvalue weighted by Crippen LogP contribution is -2.33. The van der Waals surface area contributed by atoms with Gasteiger partial charge in [-0.3, -0.25) is 0 Å². The molecule has 3 N–H and O–H groups in total. The van der Waals surface area contributed by atoms with Crippen molar-refractivity contribution in [1.29, 1.82) is 0 Å². The van der Waals surface area contributed by atoms with Crippen molar-refractivity contribution < 1.29 is 14.3 Å². The van der Waals surface area contributed by atoms with Crippen LogP contribution in [0.25, 0.3) is 11.5 Å². The van der Waals surface area contributed by atoms with Crippen LogP contribution in [0.15, 0.2) is 35.1 Å². The maximum atomic E-state index is 12.2. The van der Waals surface area contributed by atoms with Crippen molar-refractivity contribution in [1.82, 2.24) is 10.3 Å². The van der Waals surface area contributed by atoms with Crippen LogP contribution in [0.1, 0.15) is 31.7 Å². The highest BCUT2D eigenvalue weighted by Gasteiger charge is 2.11. The Morgan fingerprint density at radius 2 is 2.21 bits per heavy atom. The molecule has 0 bridgehead atoms. The maximum absolute atomic E-state index is 12.2. The van der Waals surface area contributed by atoms with E-state index in [0.29, 0.717) is 24.8 Å². The van der Waals surface area contributed by atoms with Crippen molar-refractivity contribution in [3.05, 3.63) is 36.2 Å². The van der Waals surface area contributed by atoms with Gasteiger partial charge in [0.15, 0.2) is 0 Å². The first-order valence-corrected chi connectivity index (χ1v) is 8.30. The molecule has 0 radical (unpaired) electrons. The number of aliphatic hydroxyl groups is 1. The molecule has 0 aliphatic heterocycles. The van der Waals surface area contributed by atoms with Crippen LogP contribution in [0, 0.1) is 12.8 Å². The minimum atomic E-state index is -0.248. The van der Waals surface area contributed by atoms with Crippen LogP contribution >= 0.6 is 0 Å². The molecule has 0 spiro atoms. The lowest BCUT2D eigenvalue weighted by Gasteiger charge is -2.16. The number of nitrogens with one attached hydrogen (secondary N) is 2. The summed E-state index contributed by atoms with van der Waals surface area (Å²) in [6.45, 7) is 4.73. The molecule has 2 amide bonds. The number of carbonyl (C=O) groups excluding carboxylic acids is 1. The van der Waals surface area contributed by atoms with Gasteiger partial charge in [-0.2, -0.15) is 0 Å². The third-order valence-corrected chi connectivity index (χ3v) is 3.95. The van der Waals surface area contributed by atoms with Gasteiger partial charge in [0.1, 0.15) is 6.26 Å². The summed E-state index contributed by atoms with van der Waals surface area (Å²) in [5, 5.41) is 14.8. The molecule has 2 rings (SSSR count). The van der Waals surface area contributed by atoms with E-state index in [2.05, 4.69) is 22.5 Å². The predicted octanol–water partition coefficient (Wildman–Crippen LogP) is 3.57. The van der Waals surface area contributed by atoms with Gasteiger partial charge in [-0.25, -0.2) is 9.78 Å². The molecule has 6 heteroatoms. The standard InChI is InChI=1S/C18H25N3O3/c1-3-4-14(7-9-22)12-20-18(23)21-16-11-15(6-5-13(16)2)17-19-8-10-24-17/h5-6,8,10-11,14,22H,3-4,7,9,12H2,1-2H3,(H2,20,21,23). The van der Waals surface area contributed by atoms with Gasteiger partial charge in [0.2, 0.25) is 5.89 Å². The van der Waals surface area contributed by atoms with Crippen molar-refractivity contribution in [3.8, 4) is 11.5 Å². The average molecular weight is 331 g/mol. The number of aromatic nitrogens is 1. The summed E-state index contributed by atoms with van der Waals surface area (Å²) in [5.41, 5.74) is 2.49. The fourth-order valence-electron chi connectivity index (χ4n) is 2.60. The van der Waals surface area contributed by atoms with Gasteiger partial charge in [0.05, 0.1) is 6.20 Å².